The molecule has 4 nitrogen and oxygen atoms in total. The molecule has 84 valence electrons. The highest BCUT2D eigenvalue weighted by Crippen LogP contribution is 2.20. The summed E-state index contributed by atoms with van der Waals surface area (Å²) in [6.07, 6.45) is 3.49. The van der Waals surface area contributed by atoms with Crippen LogP contribution in [0.2, 0.25) is 0 Å². The molecule has 0 aromatic heterocycles. The van der Waals surface area contributed by atoms with E-state index in [-0.39, 0.29) is 0 Å². The molecule has 0 N–H and O–H groups in total. The van der Waals surface area contributed by atoms with Gasteiger partial charge in [-0.15, -0.1) is 0 Å². The Balaban J connectivity index is 2.62. The molecule has 0 aromatic rings. The molecule has 1 aliphatic rings. The minimum atomic E-state index is -2.38. The van der Waals surface area contributed by atoms with Crippen molar-refractivity contribution in [2.75, 3.05) is 47.6 Å². The predicted molar refractivity (Wildman–Crippen MR) is 56.8 cm³/mol. The van der Waals surface area contributed by atoms with Crippen LogP contribution in [0.5, 0.6) is 0 Å². The minimum Gasteiger partial charge on any atom is -0.374 e. The first-order valence-electron chi connectivity index (χ1n) is 5.09. The third-order valence-corrected chi connectivity index (χ3v) is 6.17. The Hall–Kier alpha value is 0.0569. The molecule has 1 fully saturated rings. The van der Waals surface area contributed by atoms with Crippen LogP contribution in [0.25, 0.3) is 0 Å². The molecule has 14 heavy (non-hydrogen) atoms. The summed E-state index contributed by atoms with van der Waals surface area (Å²) in [6.45, 7) is 2.43. The van der Waals surface area contributed by atoms with Crippen LogP contribution >= 0.6 is 0 Å². The fourth-order valence-corrected chi connectivity index (χ4v) is 4.31. The zero-order valence-electron chi connectivity index (χ0n) is 9.71. The Bertz CT molecular complexity index is 171. The number of likely N-dealkylation sites (tertiary alicyclic amines) is 1. The van der Waals surface area contributed by atoms with E-state index in [1.807, 2.05) is 0 Å². The minimum absolute atomic E-state index is 0.885. The van der Waals surface area contributed by atoms with Gasteiger partial charge in [-0.25, -0.2) is 0 Å². The largest absolute Gasteiger partial charge is 0.558 e. The molecule has 0 bridgehead atoms. The first-order chi connectivity index (χ1) is 6.60. The number of quaternary nitrogens is 1. The normalized spacial score (nSPS) is 21.4. The third kappa shape index (κ3) is 2.55. The van der Waals surface area contributed by atoms with Crippen LogP contribution in [-0.2, 0) is 13.3 Å². The van der Waals surface area contributed by atoms with E-state index in [0.29, 0.717) is 0 Å². The van der Waals surface area contributed by atoms with Crippen molar-refractivity contribution in [3.8, 4) is 0 Å². The van der Waals surface area contributed by atoms with Crippen molar-refractivity contribution in [2.45, 2.75) is 12.8 Å². The molecule has 0 spiro atoms. The molecule has 0 saturated carbocycles. The van der Waals surface area contributed by atoms with Crippen molar-refractivity contribution in [2.24, 2.45) is 0 Å². The Labute approximate surface area is 87.7 Å². The molecule has 5 heteroatoms. The van der Waals surface area contributed by atoms with Crippen molar-refractivity contribution in [1.82, 2.24) is 0 Å². The highest BCUT2D eigenvalue weighted by Gasteiger charge is 2.47. The second-order valence-electron chi connectivity index (χ2n) is 4.23. The van der Waals surface area contributed by atoms with Gasteiger partial charge >= 0.3 is 8.80 Å². The van der Waals surface area contributed by atoms with Gasteiger partial charge in [-0.05, 0) is 0 Å². The van der Waals surface area contributed by atoms with Crippen LogP contribution in [-0.4, -0.2) is 60.9 Å². The van der Waals surface area contributed by atoms with Crippen LogP contribution < -0.4 is 0 Å². The lowest BCUT2D eigenvalue weighted by molar-refractivity contribution is -0.890. The van der Waals surface area contributed by atoms with Crippen LogP contribution in [0, 0.1) is 0 Å². The summed E-state index contributed by atoms with van der Waals surface area (Å²) >= 11 is 0. The maximum Gasteiger partial charge on any atom is 0.558 e. The molecule has 0 aliphatic carbocycles. The molecular weight excluding hydrogens is 198 g/mol. The standard InChI is InChI=1S/C9H22NO3Si/c1-10(7-5-6-8-10)9-14(11-2,12-3)13-4/h5-9H2,1-4H3/q+1. The fraction of sp³-hybridized carbons (Fsp3) is 1.00. The van der Waals surface area contributed by atoms with E-state index < -0.39 is 8.80 Å². The van der Waals surface area contributed by atoms with Gasteiger partial charge in [-0.2, -0.15) is 0 Å². The van der Waals surface area contributed by atoms with Gasteiger partial charge in [0.15, 0.2) is 0 Å². The van der Waals surface area contributed by atoms with Crippen LogP contribution in [0.4, 0.5) is 0 Å². The van der Waals surface area contributed by atoms with Gasteiger partial charge in [0.05, 0.1) is 20.1 Å². The molecule has 0 unspecified atom stereocenters. The van der Waals surface area contributed by atoms with Crippen molar-refractivity contribution in [1.29, 1.82) is 0 Å². The third-order valence-electron chi connectivity index (χ3n) is 3.15. The van der Waals surface area contributed by atoms with E-state index in [1.165, 1.54) is 25.9 Å². The van der Waals surface area contributed by atoms with Gasteiger partial charge < -0.3 is 17.8 Å². The highest BCUT2D eigenvalue weighted by atomic mass is 28.4. The lowest BCUT2D eigenvalue weighted by atomic mass is 10.4. The van der Waals surface area contributed by atoms with Crippen LogP contribution in [0.15, 0.2) is 0 Å². The summed E-state index contributed by atoms with van der Waals surface area (Å²) in [5.41, 5.74) is 0. The van der Waals surface area contributed by atoms with Gasteiger partial charge in [0, 0.05) is 34.2 Å². The molecule has 0 amide bonds. The summed E-state index contributed by atoms with van der Waals surface area (Å²) in [5, 5.41) is 0. The van der Waals surface area contributed by atoms with Crippen LogP contribution in [0.3, 0.4) is 0 Å². The van der Waals surface area contributed by atoms with Gasteiger partial charge in [0.2, 0.25) is 0 Å². The summed E-state index contributed by atoms with van der Waals surface area (Å²) in [6, 6.07) is 0. The van der Waals surface area contributed by atoms with Crippen molar-refractivity contribution in [3.63, 3.8) is 0 Å². The van der Waals surface area contributed by atoms with Crippen molar-refractivity contribution >= 4 is 8.80 Å². The second kappa shape index (κ2) is 4.72. The van der Waals surface area contributed by atoms with Gasteiger partial charge in [-0.3, -0.25) is 0 Å². The predicted octanol–water partition coefficient (Wildman–Crippen LogP) is 0.644. The fourth-order valence-electron chi connectivity index (χ4n) is 2.17. The lowest BCUT2D eigenvalue weighted by Crippen LogP contribution is -2.59. The van der Waals surface area contributed by atoms with E-state index in [4.69, 9.17) is 13.3 Å². The maximum atomic E-state index is 5.44. The molecule has 1 rings (SSSR count). The van der Waals surface area contributed by atoms with Crippen LogP contribution in [0.1, 0.15) is 12.8 Å². The molecule has 1 aliphatic heterocycles. The van der Waals surface area contributed by atoms with Crippen molar-refractivity contribution in [3.05, 3.63) is 0 Å². The Kier molecular flexibility index (Phi) is 4.09. The van der Waals surface area contributed by atoms with Crippen molar-refractivity contribution < 1.29 is 17.8 Å². The number of hydrogen-bond acceptors (Lipinski definition) is 3. The smallest absolute Gasteiger partial charge is 0.374 e. The van der Waals surface area contributed by atoms with E-state index in [2.05, 4.69) is 7.05 Å². The van der Waals surface area contributed by atoms with E-state index >= 15 is 0 Å². The quantitative estimate of drug-likeness (QED) is 0.503. The topological polar surface area (TPSA) is 27.7 Å². The zero-order valence-corrected chi connectivity index (χ0v) is 10.7. The molecule has 0 aromatic carbocycles. The second-order valence-corrected chi connectivity index (χ2v) is 7.13. The molecule has 1 saturated heterocycles. The Morgan fingerprint density at radius 3 is 1.79 bits per heavy atom. The Morgan fingerprint density at radius 2 is 1.43 bits per heavy atom. The molecule has 1 heterocycles. The van der Waals surface area contributed by atoms with Gasteiger partial charge in [0.25, 0.3) is 0 Å². The molecule has 0 atom stereocenters. The maximum absolute atomic E-state index is 5.44. The summed E-state index contributed by atoms with van der Waals surface area (Å²) in [4.78, 5) is 0. The summed E-state index contributed by atoms with van der Waals surface area (Å²) in [7, 11) is 4.92. The first kappa shape index (κ1) is 12.1. The Morgan fingerprint density at radius 1 is 1.00 bits per heavy atom. The van der Waals surface area contributed by atoms with E-state index in [9.17, 15) is 0 Å². The molecular formula is C9H22NO3Si+. The van der Waals surface area contributed by atoms with Gasteiger partial charge in [-0.1, -0.05) is 0 Å². The van der Waals surface area contributed by atoms with E-state index in [1.54, 1.807) is 21.3 Å². The van der Waals surface area contributed by atoms with Gasteiger partial charge in [0.1, 0.15) is 6.17 Å². The number of nitrogens with zero attached hydrogens (tertiary/aromatic N) is 1. The first-order valence-corrected chi connectivity index (χ1v) is 7.02. The number of hydrogen-bond donors (Lipinski definition) is 0. The average molecular weight is 220 g/mol. The average Bonchev–Trinajstić information content (AvgIpc) is 2.62. The summed E-state index contributed by atoms with van der Waals surface area (Å²) < 4.78 is 17.4. The molecule has 0 radical (unpaired) electrons. The zero-order chi connectivity index (χ0) is 10.7. The SMILES string of the molecule is CO[Si](C[N+]1(C)CCCC1)(OC)OC. The van der Waals surface area contributed by atoms with E-state index in [0.717, 1.165) is 10.7 Å². The summed E-state index contributed by atoms with van der Waals surface area (Å²) in [5.74, 6) is 0. The monoisotopic (exact) mass is 220 g/mol. The lowest BCUT2D eigenvalue weighted by Gasteiger charge is -2.35. The number of rotatable bonds is 5. The highest BCUT2D eigenvalue weighted by molar-refractivity contribution is 6.60.